The molecular formula is C15H18N4O3S. The van der Waals surface area contributed by atoms with E-state index in [4.69, 9.17) is 10.4 Å². The molecule has 2 rings (SSSR count). The van der Waals surface area contributed by atoms with Gasteiger partial charge in [-0.2, -0.15) is 5.26 Å². The summed E-state index contributed by atoms with van der Waals surface area (Å²) in [5.41, 5.74) is 0.506. The lowest BCUT2D eigenvalue weighted by molar-refractivity contribution is -0.117. The van der Waals surface area contributed by atoms with Crippen LogP contribution in [0.25, 0.3) is 0 Å². The van der Waals surface area contributed by atoms with Crippen LogP contribution in [0.15, 0.2) is 40.9 Å². The number of benzene rings is 1. The van der Waals surface area contributed by atoms with E-state index in [0.717, 1.165) is 25.7 Å². The Labute approximate surface area is 135 Å². The third-order valence-corrected chi connectivity index (χ3v) is 4.55. The predicted octanol–water partition coefficient (Wildman–Crippen LogP) is 1.21. The van der Waals surface area contributed by atoms with E-state index in [0.29, 0.717) is 5.69 Å². The van der Waals surface area contributed by atoms with Gasteiger partial charge in [-0.3, -0.25) is 4.79 Å². The Kier molecular flexibility index (Phi) is 5.36. The van der Waals surface area contributed by atoms with Gasteiger partial charge in [-0.05, 0) is 37.1 Å². The van der Waals surface area contributed by atoms with Gasteiger partial charge in [0.25, 0.3) is 5.91 Å². The fourth-order valence-corrected chi connectivity index (χ4v) is 2.89. The Hall–Kier alpha value is -2.37. The summed E-state index contributed by atoms with van der Waals surface area (Å²) in [6.45, 7) is 0. The summed E-state index contributed by atoms with van der Waals surface area (Å²) in [5, 5.41) is 19.7. The van der Waals surface area contributed by atoms with Crippen molar-refractivity contribution in [1.29, 1.82) is 5.26 Å². The summed E-state index contributed by atoms with van der Waals surface area (Å²) in [6.07, 6.45) is 5.35. The minimum Gasteiger partial charge on any atom is -0.360 e. The minimum atomic E-state index is -3.74. The van der Waals surface area contributed by atoms with Gasteiger partial charge in [-0.1, -0.05) is 12.8 Å². The van der Waals surface area contributed by atoms with Crippen LogP contribution in [0.1, 0.15) is 25.7 Å². The summed E-state index contributed by atoms with van der Waals surface area (Å²) in [7, 11) is -3.74. The van der Waals surface area contributed by atoms with E-state index >= 15 is 0 Å². The zero-order chi connectivity index (χ0) is 16.9. The molecule has 23 heavy (non-hydrogen) atoms. The van der Waals surface area contributed by atoms with Crippen LogP contribution in [0.3, 0.4) is 0 Å². The topological polar surface area (TPSA) is 125 Å². The molecule has 0 spiro atoms. The first-order chi connectivity index (χ1) is 10.9. The zero-order valence-corrected chi connectivity index (χ0v) is 13.3. The number of nitrogens with zero attached hydrogens (tertiary/aromatic N) is 1. The highest BCUT2D eigenvalue weighted by molar-refractivity contribution is 7.89. The monoisotopic (exact) mass is 334 g/mol. The van der Waals surface area contributed by atoms with Gasteiger partial charge in [0.1, 0.15) is 11.6 Å². The van der Waals surface area contributed by atoms with Crippen molar-refractivity contribution in [2.45, 2.75) is 36.6 Å². The second-order valence-electron chi connectivity index (χ2n) is 5.34. The molecule has 1 amide bonds. The van der Waals surface area contributed by atoms with Crippen LogP contribution in [-0.2, 0) is 14.8 Å². The average molecular weight is 334 g/mol. The van der Waals surface area contributed by atoms with Crippen LogP contribution in [0.4, 0.5) is 5.69 Å². The lowest BCUT2D eigenvalue weighted by atomic mass is 10.2. The Bertz CT molecular complexity index is 742. The number of anilines is 1. The fourth-order valence-electron chi connectivity index (χ4n) is 2.38. The molecule has 1 aromatic rings. The smallest absolute Gasteiger partial charge is 0.263 e. The number of carbonyl (C=O) groups is 1. The quantitative estimate of drug-likeness (QED) is 0.551. The standard InChI is InChI=1S/C15H18N4O3S/c16-9-11(15(20)19-13-3-1-2-4-13)10-18-12-5-7-14(8-6-12)23(17,21)22/h5-8,10,13,18H,1-4H2,(H,19,20)(H2,17,21,22)/b11-10-. The van der Waals surface area contributed by atoms with Crippen molar-refractivity contribution in [3.8, 4) is 6.07 Å². The van der Waals surface area contributed by atoms with Crippen molar-refractivity contribution in [3.63, 3.8) is 0 Å². The van der Waals surface area contributed by atoms with Crippen molar-refractivity contribution in [3.05, 3.63) is 36.0 Å². The van der Waals surface area contributed by atoms with E-state index in [9.17, 15) is 13.2 Å². The number of rotatable bonds is 5. The van der Waals surface area contributed by atoms with Gasteiger partial charge in [-0.25, -0.2) is 13.6 Å². The van der Waals surface area contributed by atoms with Crippen LogP contribution in [0, 0.1) is 11.3 Å². The van der Waals surface area contributed by atoms with Gasteiger partial charge in [0.15, 0.2) is 0 Å². The molecule has 7 nitrogen and oxygen atoms in total. The van der Waals surface area contributed by atoms with Crippen molar-refractivity contribution >= 4 is 21.6 Å². The number of carbonyl (C=O) groups excluding carboxylic acids is 1. The molecular weight excluding hydrogens is 316 g/mol. The van der Waals surface area contributed by atoms with E-state index in [-0.39, 0.29) is 16.5 Å². The number of nitrogens with two attached hydrogens (primary N) is 1. The molecule has 8 heteroatoms. The number of hydrogen-bond donors (Lipinski definition) is 3. The second-order valence-corrected chi connectivity index (χ2v) is 6.90. The van der Waals surface area contributed by atoms with Crippen LogP contribution in [0.5, 0.6) is 0 Å². The molecule has 1 fully saturated rings. The van der Waals surface area contributed by atoms with Crippen molar-refractivity contribution in [2.24, 2.45) is 5.14 Å². The fraction of sp³-hybridized carbons (Fsp3) is 0.333. The number of nitrogens with one attached hydrogen (secondary N) is 2. The van der Waals surface area contributed by atoms with Crippen LogP contribution >= 0.6 is 0 Å². The first-order valence-electron chi connectivity index (χ1n) is 7.20. The first kappa shape index (κ1) is 17.0. The van der Waals surface area contributed by atoms with E-state index in [1.807, 2.05) is 6.07 Å². The molecule has 0 radical (unpaired) electrons. The van der Waals surface area contributed by atoms with Crippen LogP contribution in [0.2, 0.25) is 0 Å². The van der Waals surface area contributed by atoms with Gasteiger partial charge in [-0.15, -0.1) is 0 Å². The third-order valence-electron chi connectivity index (χ3n) is 3.62. The van der Waals surface area contributed by atoms with E-state index < -0.39 is 15.9 Å². The number of primary sulfonamides is 1. The number of sulfonamides is 1. The molecule has 0 heterocycles. The molecule has 1 aliphatic rings. The summed E-state index contributed by atoms with van der Waals surface area (Å²) in [5.74, 6) is -0.409. The summed E-state index contributed by atoms with van der Waals surface area (Å²) in [4.78, 5) is 12.0. The van der Waals surface area contributed by atoms with Crippen LogP contribution < -0.4 is 15.8 Å². The SMILES string of the molecule is N#C/C(=C/Nc1ccc(S(N)(=O)=O)cc1)C(=O)NC1CCCC1. The molecule has 1 aliphatic carbocycles. The van der Waals surface area contributed by atoms with Crippen molar-refractivity contribution < 1.29 is 13.2 Å². The Morgan fingerprint density at radius 1 is 1.26 bits per heavy atom. The Balaban J connectivity index is 2.01. The molecule has 0 bridgehead atoms. The molecule has 0 saturated heterocycles. The summed E-state index contributed by atoms with van der Waals surface area (Å²) >= 11 is 0. The van der Waals surface area contributed by atoms with E-state index in [2.05, 4.69) is 10.6 Å². The first-order valence-corrected chi connectivity index (χ1v) is 8.75. The maximum Gasteiger partial charge on any atom is 0.263 e. The molecule has 0 aromatic heterocycles. The van der Waals surface area contributed by atoms with Gasteiger partial charge in [0.05, 0.1) is 4.90 Å². The van der Waals surface area contributed by atoms with Crippen molar-refractivity contribution in [2.75, 3.05) is 5.32 Å². The maximum atomic E-state index is 12.0. The average Bonchev–Trinajstić information content (AvgIpc) is 3.00. The van der Waals surface area contributed by atoms with Gasteiger partial charge < -0.3 is 10.6 Å². The number of amides is 1. The molecule has 122 valence electrons. The third kappa shape index (κ3) is 4.81. The number of nitriles is 1. The Morgan fingerprint density at radius 2 is 1.87 bits per heavy atom. The van der Waals surface area contributed by atoms with E-state index in [1.165, 1.54) is 30.5 Å². The molecule has 0 aliphatic heterocycles. The highest BCUT2D eigenvalue weighted by Crippen LogP contribution is 2.18. The zero-order valence-electron chi connectivity index (χ0n) is 12.5. The van der Waals surface area contributed by atoms with E-state index in [1.54, 1.807) is 0 Å². The van der Waals surface area contributed by atoms with Gasteiger partial charge in [0.2, 0.25) is 10.0 Å². The van der Waals surface area contributed by atoms with Crippen molar-refractivity contribution in [1.82, 2.24) is 5.32 Å². The highest BCUT2D eigenvalue weighted by Gasteiger charge is 2.19. The lowest BCUT2D eigenvalue weighted by Gasteiger charge is -2.11. The normalized spacial score (nSPS) is 15.9. The minimum absolute atomic E-state index is 0.00786. The second kappa shape index (κ2) is 7.26. The maximum absolute atomic E-state index is 12.0. The number of hydrogen-bond acceptors (Lipinski definition) is 5. The Morgan fingerprint density at radius 3 is 2.39 bits per heavy atom. The molecule has 1 aromatic carbocycles. The molecule has 0 unspecified atom stereocenters. The van der Waals surface area contributed by atoms with Gasteiger partial charge in [0, 0.05) is 17.9 Å². The van der Waals surface area contributed by atoms with Gasteiger partial charge >= 0.3 is 0 Å². The summed E-state index contributed by atoms with van der Waals surface area (Å²) < 4.78 is 22.3. The lowest BCUT2D eigenvalue weighted by Crippen LogP contribution is -2.33. The predicted molar refractivity (Wildman–Crippen MR) is 85.5 cm³/mol. The highest BCUT2D eigenvalue weighted by atomic mass is 32.2. The summed E-state index contributed by atoms with van der Waals surface area (Å²) in [6, 6.07) is 7.67. The van der Waals surface area contributed by atoms with Crippen LogP contribution in [-0.4, -0.2) is 20.4 Å². The molecule has 4 N–H and O–H groups in total. The largest absolute Gasteiger partial charge is 0.360 e. The molecule has 1 saturated carbocycles. The molecule has 0 atom stereocenters.